The molecule has 1 aromatic heterocycles. The van der Waals surface area contributed by atoms with Gasteiger partial charge in [-0.1, -0.05) is 36.4 Å². The molecule has 0 fully saturated rings. The summed E-state index contributed by atoms with van der Waals surface area (Å²) in [4.78, 5) is 8.33. The molecule has 0 aliphatic heterocycles. The van der Waals surface area contributed by atoms with E-state index in [1.54, 1.807) is 24.3 Å². The lowest BCUT2D eigenvalue weighted by Crippen LogP contribution is -2.24. The third-order valence-electron chi connectivity index (χ3n) is 3.34. The Balaban J connectivity index is 1.92. The molecule has 3 rings (SSSR count). The van der Waals surface area contributed by atoms with E-state index in [1.165, 1.54) is 6.33 Å². The maximum absolute atomic E-state index is 12.5. The average Bonchev–Trinajstić information content (AvgIpc) is 2.52. The first-order valence-corrected chi connectivity index (χ1v) is 8.29. The Morgan fingerprint density at radius 1 is 1.05 bits per heavy atom. The highest BCUT2D eigenvalue weighted by atomic mass is 32.2. The largest absolute Gasteiger partial charge is 0.242 e. The Morgan fingerprint density at radius 3 is 2.64 bits per heavy atom. The minimum Gasteiger partial charge on any atom is -0.242 e. The van der Waals surface area contributed by atoms with Gasteiger partial charge in [0.2, 0.25) is 10.0 Å². The molecule has 0 bridgehead atoms. The second kappa shape index (κ2) is 5.82. The average molecular weight is 313 g/mol. The van der Waals surface area contributed by atoms with E-state index in [9.17, 15) is 8.42 Å². The highest BCUT2D eigenvalue weighted by Gasteiger charge is 2.16. The SMILES string of the molecule is Cc1cc(CNS(=O)(=O)c2cccc3ccccc23)ncn1. The summed E-state index contributed by atoms with van der Waals surface area (Å²) in [5.41, 5.74) is 1.44. The molecule has 22 heavy (non-hydrogen) atoms. The van der Waals surface area contributed by atoms with Crippen LogP contribution in [0.25, 0.3) is 10.8 Å². The maximum atomic E-state index is 12.5. The van der Waals surface area contributed by atoms with Crippen LogP contribution in [0.1, 0.15) is 11.4 Å². The molecule has 0 atom stereocenters. The topological polar surface area (TPSA) is 72.0 Å². The van der Waals surface area contributed by atoms with Crippen LogP contribution in [0.4, 0.5) is 0 Å². The summed E-state index contributed by atoms with van der Waals surface area (Å²) in [5, 5.41) is 1.60. The van der Waals surface area contributed by atoms with Gasteiger partial charge in [-0.2, -0.15) is 0 Å². The summed E-state index contributed by atoms with van der Waals surface area (Å²) < 4.78 is 27.7. The molecule has 1 N–H and O–H groups in total. The Morgan fingerprint density at radius 2 is 1.82 bits per heavy atom. The lowest BCUT2D eigenvalue weighted by molar-refractivity contribution is 0.581. The molecule has 6 heteroatoms. The molecule has 2 aromatic carbocycles. The van der Waals surface area contributed by atoms with E-state index in [0.717, 1.165) is 11.1 Å². The standard InChI is InChI=1S/C16H15N3O2S/c1-12-9-14(18-11-17-12)10-19-22(20,21)16-8-4-6-13-5-2-3-7-15(13)16/h2-9,11,19H,10H2,1H3. The van der Waals surface area contributed by atoms with Crippen molar-refractivity contribution in [2.45, 2.75) is 18.4 Å². The van der Waals surface area contributed by atoms with Crippen LogP contribution in [0.3, 0.4) is 0 Å². The molecule has 1 heterocycles. The van der Waals surface area contributed by atoms with Crippen molar-refractivity contribution in [1.29, 1.82) is 0 Å². The number of hydrogen-bond acceptors (Lipinski definition) is 4. The molecule has 5 nitrogen and oxygen atoms in total. The summed E-state index contributed by atoms with van der Waals surface area (Å²) in [5.74, 6) is 0. The van der Waals surface area contributed by atoms with Crippen molar-refractivity contribution in [1.82, 2.24) is 14.7 Å². The van der Waals surface area contributed by atoms with Crippen LogP contribution in [0, 0.1) is 6.92 Å². The lowest BCUT2D eigenvalue weighted by Gasteiger charge is -2.09. The molecule has 0 aliphatic carbocycles. The number of aromatic nitrogens is 2. The normalized spacial score (nSPS) is 11.7. The van der Waals surface area contributed by atoms with Gasteiger partial charge in [0, 0.05) is 11.1 Å². The molecule has 0 spiro atoms. The zero-order chi connectivity index (χ0) is 15.6. The summed E-state index contributed by atoms with van der Waals surface area (Å²) in [6, 6.07) is 14.4. The minimum atomic E-state index is -3.61. The number of benzene rings is 2. The highest BCUT2D eigenvalue weighted by Crippen LogP contribution is 2.22. The molecule has 0 amide bonds. The first-order valence-electron chi connectivity index (χ1n) is 6.81. The Labute approximate surface area is 129 Å². The van der Waals surface area contributed by atoms with Gasteiger partial charge in [0.1, 0.15) is 6.33 Å². The number of hydrogen-bond donors (Lipinski definition) is 1. The summed E-state index contributed by atoms with van der Waals surface area (Å²) >= 11 is 0. The van der Waals surface area contributed by atoms with E-state index < -0.39 is 10.0 Å². The molecular weight excluding hydrogens is 298 g/mol. The summed E-state index contributed by atoms with van der Waals surface area (Å²) in [7, 11) is -3.61. The Hall–Kier alpha value is -2.31. The van der Waals surface area contributed by atoms with Crippen molar-refractivity contribution >= 4 is 20.8 Å². The zero-order valence-corrected chi connectivity index (χ0v) is 12.8. The predicted octanol–water partition coefficient (Wildman–Crippen LogP) is 2.42. The minimum absolute atomic E-state index is 0.134. The molecule has 0 unspecified atom stereocenters. The first kappa shape index (κ1) is 14.6. The molecule has 112 valence electrons. The molecule has 0 saturated heterocycles. The van der Waals surface area contributed by atoms with Crippen LogP contribution in [0.15, 0.2) is 59.8 Å². The second-order valence-electron chi connectivity index (χ2n) is 4.95. The second-order valence-corrected chi connectivity index (χ2v) is 6.69. The zero-order valence-electron chi connectivity index (χ0n) is 12.0. The fourth-order valence-corrected chi connectivity index (χ4v) is 3.51. The summed E-state index contributed by atoms with van der Waals surface area (Å²) in [6.45, 7) is 1.97. The van der Waals surface area contributed by atoms with Gasteiger partial charge in [0.15, 0.2) is 0 Å². The van der Waals surface area contributed by atoms with Crippen LogP contribution in [0.2, 0.25) is 0 Å². The Kier molecular flexibility index (Phi) is 3.87. The van der Waals surface area contributed by atoms with Gasteiger partial charge < -0.3 is 0 Å². The third-order valence-corrected chi connectivity index (χ3v) is 4.80. The fourth-order valence-electron chi connectivity index (χ4n) is 2.28. The number of sulfonamides is 1. The fraction of sp³-hybridized carbons (Fsp3) is 0.125. The van der Waals surface area contributed by atoms with E-state index in [2.05, 4.69) is 14.7 Å². The monoisotopic (exact) mass is 313 g/mol. The van der Waals surface area contributed by atoms with E-state index >= 15 is 0 Å². The van der Waals surface area contributed by atoms with Crippen molar-refractivity contribution in [3.05, 3.63) is 66.2 Å². The van der Waals surface area contributed by atoms with Gasteiger partial charge in [-0.3, -0.25) is 0 Å². The number of rotatable bonds is 4. The van der Waals surface area contributed by atoms with Crippen molar-refractivity contribution in [2.75, 3.05) is 0 Å². The van der Waals surface area contributed by atoms with E-state index in [4.69, 9.17) is 0 Å². The van der Waals surface area contributed by atoms with Crippen LogP contribution >= 0.6 is 0 Å². The lowest BCUT2D eigenvalue weighted by atomic mass is 10.1. The van der Waals surface area contributed by atoms with Crippen molar-refractivity contribution < 1.29 is 8.42 Å². The molecule has 0 saturated carbocycles. The number of nitrogens with zero attached hydrogens (tertiary/aromatic N) is 2. The van der Waals surface area contributed by atoms with Crippen molar-refractivity contribution in [3.8, 4) is 0 Å². The quantitative estimate of drug-likeness (QED) is 0.803. The molecule has 0 radical (unpaired) electrons. The van der Waals surface area contributed by atoms with Crippen LogP contribution in [-0.4, -0.2) is 18.4 Å². The number of aryl methyl sites for hydroxylation is 1. The molecular formula is C16H15N3O2S. The van der Waals surface area contributed by atoms with Gasteiger partial charge in [-0.05, 0) is 24.4 Å². The number of fused-ring (bicyclic) bond motifs is 1. The summed E-state index contributed by atoms with van der Waals surface area (Å²) in [6.07, 6.45) is 1.43. The highest BCUT2D eigenvalue weighted by molar-refractivity contribution is 7.89. The van der Waals surface area contributed by atoms with Gasteiger partial charge in [0.25, 0.3) is 0 Å². The number of nitrogens with one attached hydrogen (secondary N) is 1. The third kappa shape index (κ3) is 2.98. The maximum Gasteiger partial charge on any atom is 0.241 e. The predicted molar refractivity (Wildman–Crippen MR) is 84.7 cm³/mol. The smallest absolute Gasteiger partial charge is 0.241 e. The van der Waals surface area contributed by atoms with E-state index in [1.807, 2.05) is 31.2 Å². The van der Waals surface area contributed by atoms with Gasteiger partial charge in [-0.15, -0.1) is 0 Å². The van der Waals surface area contributed by atoms with Gasteiger partial charge in [-0.25, -0.2) is 23.1 Å². The molecule has 0 aliphatic rings. The Bertz CT molecular complexity index is 918. The van der Waals surface area contributed by atoms with Crippen molar-refractivity contribution in [2.24, 2.45) is 0 Å². The van der Waals surface area contributed by atoms with Crippen LogP contribution < -0.4 is 4.72 Å². The van der Waals surface area contributed by atoms with E-state index in [-0.39, 0.29) is 11.4 Å². The van der Waals surface area contributed by atoms with E-state index in [0.29, 0.717) is 11.1 Å². The molecule has 3 aromatic rings. The van der Waals surface area contributed by atoms with Crippen molar-refractivity contribution in [3.63, 3.8) is 0 Å². The van der Waals surface area contributed by atoms with Crippen LogP contribution in [-0.2, 0) is 16.6 Å². The van der Waals surface area contributed by atoms with Gasteiger partial charge >= 0.3 is 0 Å². The van der Waals surface area contributed by atoms with Gasteiger partial charge in [0.05, 0.1) is 17.1 Å². The first-order chi connectivity index (χ1) is 10.6. The van der Waals surface area contributed by atoms with Crippen LogP contribution in [0.5, 0.6) is 0 Å².